The number of nitrogens with zero attached hydrogens (tertiary/aromatic N) is 1. The molecule has 0 radical (unpaired) electrons. The van der Waals surface area contributed by atoms with Gasteiger partial charge in [0.05, 0.1) is 17.0 Å². The highest BCUT2D eigenvalue weighted by Crippen LogP contribution is 2.23. The van der Waals surface area contributed by atoms with E-state index in [-0.39, 0.29) is 6.61 Å². The lowest BCUT2D eigenvalue weighted by molar-refractivity contribution is 0.279. The van der Waals surface area contributed by atoms with Crippen molar-refractivity contribution < 1.29 is 5.11 Å². The van der Waals surface area contributed by atoms with E-state index in [0.29, 0.717) is 0 Å². The van der Waals surface area contributed by atoms with Crippen LogP contribution in [0, 0.1) is 6.92 Å². The average molecular weight is 179 g/mol. The van der Waals surface area contributed by atoms with E-state index in [0.717, 1.165) is 15.8 Å². The molecule has 0 fully saturated rings. The molecular weight excluding hydrogens is 170 g/mol. The Balaban J connectivity index is 2.73. The number of aliphatic hydroxyl groups excluding tert-OH is 1. The molecule has 2 aromatic rings. The first kappa shape index (κ1) is 7.71. The number of aromatic nitrogens is 1. The van der Waals surface area contributed by atoms with Crippen molar-refractivity contribution in [1.82, 2.24) is 4.37 Å². The third-order valence-electron chi connectivity index (χ3n) is 1.85. The van der Waals surface area contributed by atoms with Crippen LogP contribution in [0.4, 0.5) is 0 Å². The van der Waals surface area contributed by atoms with Crippen molar-refractivity contribution in [3.8, 4) is 0 Å². The molecule has 0 saturated heterocycles. The van der Waals surface area contributed by atoms with Gasteiger partial charge in [-0.15, -0.1) is 0 Å². The van der Waals surface area contributed by atoms with E-state index in [9.17, 15) is 0 Å². The summed E-state index contributed by atoms with van der Waals surface area (Å²) in [5, 5.41) is 10.0. The molecule has 0 atom stereocenters. The zero-order valence-electron chi connectivity index (χ0n) is 6.74. The Morgan fingerprint density at radius 1 is 1.50 bits per heavy atom. The molecule has 0 aliphatic rings. The third kappa shape index (κ3) is 1.11. The van der Waals surface area contributed by atoms with Gasteiger partial charge in [-0.25, -0.2) is 0 Å². The van der Waals surface area contributed by atoms with Crippen molar-refractivity contribution in [3.63, 3.8) is 0 Å². The summed E-state index contributed by atoms with van der Waals surface area (Å²) in [5.74, 6) is 0. The number of hydrogen-bond donors (Lipinski definition) is 1. The van der Waals surface area contributed by atoms with Gasteiger partial charge in [-0.05, 0) is 30.1 Å². The van der Waals surface area contributed by atoms with E-state index in [1.807, 2.05) is 12.1 Å². The first-order chi connectivity index (χ1) is 5.81. The highest BCUT2D eigenvalue weighted by Gasteiger charge is 2.03. The van der Waals surface area contributed by atoms with Crippen LogP contribution < -0.4 is 0 Å². The molecule has 62 valence electrons. The molecule has 0 aliphatic carbocycles. The zero-order chi connectivity index (χ0) is 8.55. The van der Waals surface area contributed by atoms with E-state index in [2.05, 4.69) is 17.4 Å². The second-order valence-corrected chi connectivity index (χ2v) is 3.59. The molecule has 2 rings (SSSR count). The smallest absolute Gasteiger partial charge is 0.0875 e. The molecule has 12 heavy (non-hydrogen) atoms. The molecule has 0 saturated carbocycles. The molecular formula is C9H9NOS. The Morgan fingerprint density at radius 2 is 2.33 bits per heavy atom. The summed E-state index contributed by atoms with van der Waals surface area (Å²) in [6.07, 6.45) is 0. The largest absolute Gasteiger partial charge is 0.390 e. The fourth-order valence-corrected chi connectivity index (χ4v) is 2.10. The summed E-state index contributed by atoms with van der Waals surface area (Å²) >= 11 is 1.44. The molecule has 3 heteroatoms. The lowest BCUT2D eigenvalue weighted by Gasteiger charge is -1.92. The number of benzene rings is 1. The highest BCUT2D eigenvalue weighted by molar-refractivity contribution is 7.13. The number of aliphatic hydroxyl groups is 1. The average Bonchev–Trinajstić information content (AvgIpc) is 2.46. The predicted octanol–water partition coefficient (Wildman–Crippen LogP) is 2.10. The van der Waals surface area contributed by atoms with Gasteiger partial charge in [0.25, 0.3) is 0 Å². The fourth-order valence-electron chi connectivity index (χ4n) is 1.21. The first-order valence-corrected chi connectivity index (χ1v) is 4.54. The molecule has 1 heterocycles. The maximum absolute atomic E-state index is 8.94. The highest BCUT2D eigenvalue weighted by atomic mass is 32.1. The van der Waals surface area contributed by atoms with Gasteiger partial charge >= 0.3 is 0 Å². The minimum atomic E-state index is 0.0308. The van der Waals surface area contributed by atoms with Gasteiger partial charge in [-0.3, -0.25) is 0 Å². The van der Waals surface area contributed by atoms with E-state index < -0.39 is 0 Å². The molecule has 1 aromatic carbocycles. The maximum Gasteiger partial charge on any atom is 0.0875 e. The Bertz CT molecular complexity index is 408. The van der Waals surface area contributed by atoms with Crippen LogP contribution >= 0.6 is 11.5 Å². The SMILES string of the molecule is Cc1ccc2c(CO)nsc2c1. The second-order valence-electron chi connectivity index (χ2n) is 2.79. The van der Waals surface area contributed by atoms with Gasteiger partial charge < -0.3 is 5.11 Å². The number of hydrogen-bond acceptors (Lipinski definition) is 3. The molecule has 2 nitrogen and oxygen atoms in total. The van der Waals surface area contributed by atoms with Crippen molar-refractivity contribution in [2.45, 2.75) is 13.5 Å². The van der Waals surface area contributed by atoms with Crippen molar-refractivity contribution in [2.75, 3.05) is 0 Å². The minimum Gasteiger partial charge on any atom is -0.390 e. The zero-order valence-corrected chi connectivity index (χ0v) is 7.56. The summed E-state index contributed by atoms with van der Waals surface area (Å²) in [7, 11) is 0. The predicted molar refractivity (Wildman–Crippen MR) is 50.3 cm³/mol. The second kappa shape index (κ2) is 2.84. The van der Waals surface area contributed by atoms with Crippen molar-refractivity contribution in [3.05, 3.63) is 29.5 Å². The van der Waals surface area contributed by atoms with Crippen LogP contribution in [-0.4, -0.2) is 9.48 Å². The Labute approximate surface area is 74.6 Å². The van der Waals surface area contributed by atoms with E-state index in [4.69, 9.17) is 5.11 Å². The third-order valence-corrected chi connectivity index (χ3v) is 2.70. The summed E-state index contributed by atoms with van der Waals surface area (Å²) < 4.78 is 5.30. The van der Waals surface area contributed by atoms with Crippen molar-refractivity contribution in [1.29, 1.82) is 0 Å². The number of aryl methyl sites for hydroxylation is 1. The fraction of sp³-hybridized carbons (Fsp3) is 0.222. The first-order valence-electron chi connectivity index (χ1n) is 3.77. The van der Waals surface area contributed by atoms with Gasteiger partial charge in [-0.2, -0.15) is 4.37 Å². The van der Waals surface area contributed by atoms with Gasteiger partial charge in [0.15, 0.2) is 0 Å². The molecule has 0 unspecified atom stereocenters. The van der Waals surface area contributed by atoms with Crippen LogP contribution in [0.3, 0.4) is 0 Å². The molecule has 0 amide bonds. The van der Waals surface area contributed by atoms with E-state index in [1.165, 1.54) is 17.1 Å². The summed E-state index contributed by atoms with van der Waals surface area (Å²) in [6, 6.07) is 6.14. The van der Waals surface area contributed by atoms with Gasteiger partial charge in [-0.1, -0.05) is 12.1 Å². The summed E-state index contributed by atoms with van der Waals surface area (Å²) in [5.41, 5.74) is 2.02. The molecule has 1 N–H and O–H groups in total. The van der Waals surface area contributed by atoms with Crippen molar-refractivity contribution >= 4 is 21.6 Å². The minimum absolute atomic E-state index is 0.0308. The Hall–Kier alpha value is -0.930. The lowest BCUT2D eigenvalue weighted by atomic mass is 10.2. The quantitative estimate of drug-likeness (QED) is 0.727. The summed E-state index contributed by atoms with van der Waals surface area (Å²) in [4.78, 5) is 0. The lowest BCUT2D eigenvalue weighted by Crippen LogP contribution is -1.81. The van der Waals surface area contributed by atoms with Gasteiger partial charge in [0.1, 0.15) is 0 Å². The molecule has 0 spiro atoms. The van der Waals surface area contributed by atoms with Crippen LogP contribution in [0.2, 0.25) is 0 Å². The van der Waals surface area contributed by atoms with Crippen molar-refractivity contribution in [2.24, 2.45) is 0 Å². The Morgan fingerprint density at radius 3 is 3.08 bits per heavy atom. The maximum atomic E-state index is 8.94. The van der Waals surface area contributed by atoms with Crippen LogP contribution in [0.5, 0.6) is 0 Å². The molecule has 0 aliphatic heterocycles. The summed E-state index contributed by atoms with van der Waals surface area (Å²) in [6.45, 7) is 2.08. The normalized spacial score (nSPS) is 10.8. The topological polar surface area (TPSA) is 33.1 Å². The molecule has 0 bridgehead atoms. The van der Waals surface area contributed by atoms with Crippen LogP contribution in [0.1, 0.15) is 11.3 Å². The monoisotopic (exact) mass is 179 g/mol. The van der Waals surface area contributed by atoms with E-state index in [1.54, 1.807) is 0 Å². The van der Waals surface area contributed by atoms with Crippen LogP contribution in [0.15, 0.2) is 18.2 Å². The van der Waals surface area contributed by atoms with Gasteiger partial charge in [0.2, 0.25) is 0 Å². The Kier molecular flexibility index (Phi) is 1.83. The van der Waals surface area contributed by atoms with Crippen LogP contribution in [-0.2, 0) is 6.61 Å². The number of fused-ring (bicyclic) bond motifs is 1. The molecule has 1 aromatic heterocycles. The van der Waals surface area contributed by atoms with Crippen LogP contribution in [0.25, 0.3) is 10.1 Å². The van der Waals surface area contributed by atoms with E-state index >= 15 is 0 Å². The van der Waals surface area contributed by atoms with Gasteiger partial charge in [0, 0.05) is 5.39 Å². The number of rotatable bonds is 1. The standard InChI is InChI=1S/C9H9NOS/c1-6-2-3-7-8(5-11)10-12-9(7)4-6/h2-4,11H,5H2,1H3.